The third kappa shape index (κ3) is 8.86. The molecule has 0 spiro atoms. The lowest BCUT2D eigenvalue weighted by Gasteiger charge is -2.18. The fourth-order valence-electron chi connectivity index (χ4n) is 3.00. The molecule has 0 heterocycles. The quantitative estimate of drug-likeness (QED) is 0.265. The van der Waals surface area contributed by atoms with Crippen LogP contribution in [-0.4, -0.2) is 45.2 Å². The molecule has 0 fully saturated rings. The zero-order valence-corrected chi connectivity index (χ0v) is 20.7. The topological polar surface area (TPSA) is 58.1 Å². The van der Waals surface area contributed by atoms with Crippen LogP contribution >= 0.6 is 24.0 Å². The normalized spacial score (nSPS) is 11.3. The lowest BCUT2D eigenvalue weighted by atomic mass is 10.1. The Balaban J connectivity index is 0.00000480. The molecule has 0 saturated carbocycles. The Labute approximate surface area is 200 Å². The van der Waals surface area contributed by atoms with Gasteiger partial charge in [-0.05, 0) is 38.2 Å². The summed E-state index contributed by atoms with van der Waals surface area (Å²) < 4.78 is 35.9. The van der Waals surface area contributed by atoms with Crippen molar-refractivity contribution in [2.45, 2.75) is 33.2 Å². The number of aliphatic imine (C=N–C) groups is 1. The van der Waals surface area contributed by atoms with Crippen LogP contribution in [0.3, 0.4) is 0 Å². The molecule has 6 nitrogen and oxygen atoms in total. The molecule has 2 N–H and O–H groups in total. The number of benzene rings is 2. The number of hydrogen-bond donors (Lipinski definition) is 2. The van der Waals surface area contributed by atoms with Crippen molar-refractivity contribution in [3.8, 4) is 11.5 Å². The first-order chi connectivity index (χ1) is 14.4. The van der Waals surface area contributed by atoms with Gasteiger partial charge in [0.05, 0.1) is 6.61 Å². The van der Waals surface area contributed by atoms with Gasteiger partial charge in [0.25, 0.3) is 0 Å². The van der Waals surface area contributed by atoms with Gasteiger partial charge in [0.1, 0.15) is 0 Å². The van der Waals surface area contributed by atoms with Gasteiger partial charge in [0.15, 0.2) is 17.5 Å². The minimum atomic E-state index is -2.93. The number of halogens is 3. The van der Waals surface area contributed by atoms with E-state index in [2.05, 4.69) is 32.7 Å². The van der Waals surface area contributed by atoms with Crippen LogP contribution in [0.2, 0.25) is 0 Å². The molecule has 2 rings (SSSR count). The van der Waals surface area contributed by atoms with Crippen molar-refractivity contribution >= 4 is 29.9 Å². The predicted molar refractivity (Wildman–Crippen MR) is 131 cm³/mol. The van der Waals surface area contributed by atoms with Gasteiger partial charge in [0.2, 0.25) is 0 Å². The second kappa shape index (κ2) is 14.0. The van der Waals surface area contributed by atoms with Crippen molar-refractivity contribution in [3.63, 3.8) is 0 Å². The zero-order valence-electron chi connectivity index (χ0n) is 18.3. The molecule has 2 aromatic carbocycles. The molecule has 0 bridgehead atoms. The maximum absolute atomic E-state index is 12.9. The van der Waals surface area contributed by atoms with Crippen molar-refractivity contribution < 1.29 is 18.3 Å². The van der Waals surface area contributed by atoms with Crippen LogP contribution in [0.1, 0.15) is 23.6 Å². The van der Waals surface area contributed by atoms with Crippen LogP contribution in [0.4, 0.5) is 8.78 Å². The highest BCUT2D eigenvalue weighted by Gasteiger charge is 2.16. The summed E-state index contributed by atoms with van der Waals surface area (Å²) in [6.45, 7) is 0.882. The Bertz CT molecular complexity index is 835. The summed E-state index contributed by atoms with van der Waals surface area (Å²) in [5.74, 6) is 0.880. The third-order valence-electron chi connectivity index (χ3n) is 4.29. The Kier molecular flexibility index (Phi) is 12.2. The number of para-hydroxylation sites is 1. The molecule has 0 amide bonds. The van der Waals surface area contributed by atoms with Crippen molar-refractivity contribution in [3.05, 3.63) is 59.2 Å². The minimum absolute atomic E-state index is 0. The van der Waals surface area contributed by atoms with E-state index in [1.165, 1.54) is 5.56 Å². The van der Waals surface area contributed by atoms with Crippen LogP contribution < -0.4 is 20.1 Å². The summed E-state index contributed by atoms with van der Waals surface area (Å²) in [5.41, 5.74) is 2.94. The largest absolute Gasteiger partial charge is 0.490 e. The maximum Gasteiger partial charge on any atom is 0.387 e. The van der Waals surface area contributed by atoms with Crippen molar-refractivity contribution in [1.82, 2.24) is 15.5 Å². The molecule has 172 valence electrons. The Morgan fingerprint density at radius 2 is 1.61 bits per heavy atom. The molecule has 0 aliphatic heterocycles. The second-order valence-electron chi connectivity index (χ2n) is 6.84. The fourth-order valence-corrected chi connectivity index (χ4v) is 3.00. The Morgan fingerprint density at radius 3 is 2.19 bits per heavy atom. The monoisotopic (exact) mass is 548 g/mol. The first-order valence-corrected chi connectivity index (χ1v) is 9.80. The summed E-state index contributed by atoms with van der Waals surface area (Å²) in [5, 5.41) is 6.42. The molecule has 2 aromatic rings. The van der Waals surface area contributed by atoms with Crippen LogP contribution in [0.15, 0.2) is 47.5 Å². The van der Waals surface area contributed by atoms with Crippen molar-refractivity contribution in [2.75, 3.05) is 27.7 Å². The van der Waals surface area contributed by atoms with Gasteiger partial charge in [-0.3, -0.25) is 4.99 Å². The van der Waals surface area contributed by atoms with E-state index >= 15 is 0 Å². The van der Waals surface area contributed by atoms with E-state index in [1.807, 2.05) is 26.2 Å². The molecule has 31 heavy (non-hydrogen) atoms. The number of nitrogens with zero attached hydrogens (tertiary/aromatic N) is 2. The summed E-state index contributed by atoms with van der Waals surface area (Å²) in [7, 11) is 5.72. The molecule has 0 atom stereocenters. The average molecular weight is 548 g/mol. The number of guanidine groups is 1. The predicted octanol–water partition coefficient (Wildman–Crippen LogP) is 4.23. The van der Waals surface area contributed by atoms with Crippen LogP contribution in [0.5, 0.6) is 11.5 Å². The van der Waals surface area contributed by atoms with E-state index in [0.29, 0.717) is 24.7 Å². The molecular weight excluding hydrogens is 517 g/mol. The van der Waals surface area contributed by atoms with Crippen molar-refractivity contribution in [2.24, 2.45) is 4.99 Å². The van der Waals surface area contributed by atoms with Gasteiger partial charge in [-0.2, -0.15) is 8.78 Å². The SMILES string of the molecule is CCOc1cccc(CNC(=NC)NCc2ccccc2CN(C)C)c1OC(F)F.I. The number of hydrogen-bond acceptors (Lipinski definition) is 4. The molecule has 0 unspecified atom stereocenters. The second-order valence-corrected chi connectivity index (χ2v) is 6.84. The van der Waals surface area contributed by atoms with Crippen LogP contribution in [0, 0.1) is 0 Å². The van der Waals surface area contributed by atoms with E-state index in [4.69, 9.17) is 9.47 Å². The molecule has 0 aliphatic rings. The summed E-state index contributed by atoms with van der Waals surface area (Å²) in [6.07, 6.45) is 0. The highest BCUT2D eigenvalue weighted by atomic mass is 127. The zero-order chi connectivity index (χ0) is 21.9. The van der Waals surface area contributed by atoms with E-state index in [9.17, 15) is 8.78 Å². The first kappa shape index (κ1) is 26.9. The maximum atomic E-state index is 12.9. The minimum Gasteiger partial charge on any atom is -0.490 e. The molecule has 0 aromatic heterocycles. The number of nitrogens with one attached hydrogen (secondary N) is 2. The number of ether oxygens (including phenoxy) is 2. The Hall–Kier alpha value is -2.14. The molecule has 0 radical (unpaired) electrons. The molecular formula is C22H31F2IN4O2. The molecule has 0 saturated heterocycles. The van der Waals surface area contributed by atoms with Gasteiger partial charge in [0, 0.05) is 32.2 Å². The number of alkyl halides is 2. The lowest BCUT2D eigenvalue weighted by Crippen LogP contribution is -2.36. The smallest absolute Gasteiger partial charge is 0.387 e. The standard InChI is InChI=1S/C22H30F2N4O2.HI/c1-5-29-19-12-8-11-17(20(19)30-21(23)24)14-27-22(25-2)26-13-16-9-6-7-10-18(16)15-28(3)4;/h6-12,21H,5,13-15H2,1-4H3,(H2,25,26,27);1H. The van der Waals surface area contributed by atoms with Crippen LogP contribution in [-0.2, 0) is 19.6 Å². The molecule has 9 heteroatoms. The van der Waals surface area contributed by atoms with E-state index in [-0.39, 0.29) is 42.0 Å². The Morgan fingerprint density at radius 1 is 1.00 bits per heavy atom. The first-order valence-electron chi connectivity index (χ1n) is 9.80. The van der Waals surface area contributed by atoms with Gasteiger partial charge < -0.3 is 25.0 Å². The van der Waals surface area contributed by atoms with E-state index < -0.39 is 6.61 Å². The highest BCUT2D eigenvalue weighted by molar-refractivity contribution is 14.0. The van der Waals surface area contributed by atoms with Gasteiger partial charge in [-0.25, -0.2) is 0 Å². The average Bonchev–Trinajstić information content (AvgIpc) is 2.70. The summed E-state index contributed by atoms with van der Waals surface area (Å²) >= 11 is 0. The third-order valence-corrected chi connectivity index (χ3v) is 4.29. The summed E-state index contributed by atoms with van der Waals surface area (Å²) in [6, 6.07) is 13.3. The summed E-state index contributed by atoms with van der Waals surface area (Å²) in [4.78, 5) is 6.33. The van der Waals surface area contributed by atoms with E-state index in [1.54, 1.807) is 32.2 Å². The van der Waals surface area contributed by atoms with Gasteiger partial charge in [-0.1, -0.05) is 36.4 Å². The highest BCUT2D eigenvalue weighted by Crippen LogP contribution is 2.32. The van der Waals surface area contributed by atoms with Crippen molar-refractivity contribution in [1.29, 1.82) is 0 Å². The number of rotatable bonds is 10. The van der Waals surface area contributed by atoms with Gasteiger partial charge in [-0.15, -0.1) is 24.0 Å². The molecule has 0 aliphatic carbocycles. The van der Waals surface area contributed by atoms with E-state index in [0.717, 1.165) is 12.1 Å². The lowest BCUT2D eigenvalue weighted by molar-refractivity contribution is -0.0520. The van der Waals surface area contributed by atoms with Gasteiger partial charge >= 0.3 is 6.61 Å². The van der Waals surface area contributed by atoms with Crippen LogP contribution in [0.25, 0.3) is 0 Å². The fraction of sp³-hybridized carbons (Fsp3) is 0.409.